The number of aliphatic imine (C=N–C) groups is 1. The molecule has 9 heteroatoms. The molecule has 1 aromatic heterocycles. The largest absolute Gasteiger partial charge is 0.475 e. The molecule has 1 aliphatic rings. The van der Waals surface area contributed by atoms with Crippen LogP contribution in [0.4, 0.5) is 0 Å². The summed E-state index contributed by atoms with van der Waals surface area (Å²) in [7, 11) is 1.65. The van der Waals surface area contributed by atoms with Crippen LogP contribution in [0.1, 0.15) is 12.5 Å². The highest BCUT2D eigenvalue weighted by Crippen LogP contribution is 2.15. The van der Waals surface area contributed by atoms with Crippen molar-refractivity contribution >= 4 is 29.9 Å². The molecule has 2 heterocycles. The Kier molecular flexibility index (Phi) is 13.1. The summed E-state index contributed by atoms with van der Waals surface area (Å²) in [5, 5.41) is 6.66. The lowest BCUT2D eigenvalue weighted by Crippen LogP contribution is -2.44. The molecular weight excluding hydrogens is 461 g/mol. The van der Waals surface area contributed by atoms with Crippen LogP contribution in [0.25, 0.3) is 0 Å². The maximum Gasteiger partial charge on any atom is 0.218 e. The molecule has 0 amide bonds. The number of nitrogens with zero attached hydrogens (tertiary/aromatic N) is 3. The number of ether oxygens (including phenoxy) is 3. The lowest BCUT2D eigenvalue weighted by Gasteiger charge is -2.26. The molecule has 1 aliphatic heterocycles. The molecule has 0 radical (unpaired) electrons. The zero-order valence-electron chi connectivity index (χ0n) is 16.3. The lowest BCUT2D eigenvalue weighted by atomic mass is 10.3. The third kappa shape index (κ3) is 9.54. The van der Waals surface area contributed by atoms with E-state index in [1.807, 2.05) is 12.1 Å². The van der Waals surface area contributed by atoms with Crippen molar-refractivity contribution in [1.82, 2.24) is 20.5 Å². The van der Waals surface area contributed by atoms with Crippen molar-refractivity contribution in [3.63, 3.8) is 0 Å². The Hall–Kier alpha value is -1.17. The first-order chi connectivity index (χ1) is 12.8. The standard InChI is InChI=1S/C18H31N5O3.HI/c1-3-19-18(21-7-8-23-9-11-25-12-10-23)22-15-16-5-4-6-20-17(16)26-14-13-24-2;/h4-6H,3,7-15H2,1-2H3,(H2,19,21,22);1H. The molecule has 1 aromatic rings. The second-order valence-electron chi connectivity index (χ2n) is 5.88. The van der Waals surface area contributed by atoms with E-state index in [1.165, 1.54) is 0 Å². The zero-order chi connectivity index (χ0) is 18.5. The van der Waals surface area contributed by atoms with Crippen LogP contribution in [-0.4, -0.2) is 82.1 Å². The summed E-state index contributed by atoms with van der Waals surface area (Å²) in [4.78, 5) is 11.3. The maximum atomic E-state index is 5.67. The first-order valence-electron chi connectivity index (χ1n) is 9.21. The SMILES string of the molecule is CCNC(=NCc1cccnc1OCCOC)NCCN1CCOCC1.I. The molecule has 0 aliphatic carbocycles. The fourth-order valence-electron chi connectivity index (χ4n) is 2.56. The molecular formula is C18H32IN5O3. The number of pyridine rings is 1. The average molecular weight is 493 g/mol. The Balaban J connectivity index is 0.00000364. The number of rotatable bonds is 10. The summed E-state index contributed by atoms with van der Waals surface area (Å²) in [6, 6.07) is 3.88. The molecule has 27 heavy (non-hydrogen) atoms. The first-order valence-corrected chi connectivity index (χ1v) is 9.21. The Morgan fingerprint density at radius 2 is 2.11 bits per heavy atom. The second kappa shape index (κ2) is 14.8. The quantitative estimate of drug-likeness (QED) is 0.219. The number of nitrogens with one attached hydrogen (secondary N) is 2. The molecule has 1 fully saturated rings. The van der Waals surface area contributed by atoms with E-state index in [4.69, 9.17) is 14.2 Å². The number of guanidine groups is 1. The lowest BCUT2D eigenvalue weighted by molar-refractivity contribution is 0.0389. The fourth-order valence-corrected chi connectivity index (χ4v) is 2.56. The van der Waals surface area contributed by atoms with Gasteiger partial charge in [-0.25, -0.2) is 9.98 Å². The van der Waals surface area contributed by atoms with Crippen molar-refractivity contribution in [1.29, 1.82) is 0 Å². The number of morpholine rings is 1. The van der Waals surface area contributed by atoms with Gasteiger partial charge < -0.3 is 24.8 Å². The Labute approximate surface area is 179 Å². The molecule has 0 unspecified atom stereocenters. The number of hydrogen-bond donors (Lipinski definition) is 2. The van der Waals surface area contributed by atoms with Crippen LogP contribution in [0.3, 0.4) is 0 Å². The van der Waals surface area contributed by atoms with Crippen LogP contribution in [0.2, 0.25) is 0 Å². The summed E-state index contributed by atoms with van der Waals surface area (Å²) >= 11 is 0. The maximum absolute atomic E-state index is 5.67. The molecule has 0 aromatic carbocycles. The second-order valence-corrected chi connectivity index (χ2v) is 5.88. The van der Waals surface area contributed by atoms with Gasteiger partial charge in [-0.1, -0.05) is 6.07 Å². The summed E-state index contributed by atoms with van der Waals surface area (Å²) in [5.74, 6) is 1.41. The summed E-state index contributed by atoms with van der Waals surface area (Å²) in [6.07, 6.45) is 1.72. The predicted octanol–water partition coefficient (Wildman–Crippen LogP) is 1.11. The van der Waals surface area contributed by atoms with E-state index in [-0.39, 0.29) is 24.0 Å². The minimum absolute atomic E-state index is 0. The van der Waals surface area contributed by atoms with Gasteiger partial charge in [0.15, 0.2) is 5.96 Å². The van der Waals surface area contributed by atoms with Crippen LogP contribution in [0.5, 0.6) is 5.88 Å². The van der Waals surface area contributed by atoms with Gasteiger partial charge in [-0.3, -0.25) is 4.90 Å². The van der Waals surface area contributed by atoms with E-state index in [9.17, 15) is 0 Å². The molecule has 0 spiro atoms. The highest BCUT2D eigenvalue weighted by atomic mass is 127. The van der Waals surface area contributed by atoms with Gasteiger partial charge in [0.25, 0.3) is 0 Å². The van der Waals surface area contributed by atoms with E-state index in [1.54, 1.807) is 13.3 Å². The number of hydrogen-bond acceptors (Lipinski definition) is 6. The number of methoxy groups -OCH3 is 1. The van der Waals surface area contributed by atoms with Crippen LogP contribution in [-0.2, 0) is 16.0 Å². The highest BCUT2D eigenvalue weighted by Gasteiger charge is 2.10. The number of aromatic nitrogens is 1. The smallest absolute Gasteiger partial charge is 0.218 e. The van der Waals surface area contributed by atoms with Crippen molar-refractivity contribution < 1.29 is 14.2 Å². The van der Waals surface area contributed by atoms with Gasteiger partial charge in [0.05, 0.1) is 26.4 Å². The fraction of sp³-hybridized carbons (Fsp3) is 0.667. The Morgan fingerprint density at radius 1 is 1.30 bits per heavy atom. The molecule has 8 nitrogen and oxygen atoms in total. The van der Waals surface area contributed by atoms with E-state index < -0.39 is 0 Å². The molecule has 1 saturated heterocycles. The van der Waals surface area contributed by atoms with Gasteiger partial charge in [-0.15, -0.1) is 24.0 Å². The van der Waals surface area contributed by atoms with E-state index in [2.05, 4.69) is 32.4 Å². The van der Waals surface area contributed by atoms with Gasteiger partial charge in [-0.2, -0.15) is 0 Å². The Morgan fingerprint density at radius 3 is 2.85 bits per heavy atom. The van der Waals surface area contributed by atoms with Gasteiger partial charge in [0.1, 0.15) is 6.61 Å². The van der Waals surface area contributed by atoms with Crippen molar-refractivity contribution in [2.75, 3.05) is 66.3 Å². The Bertz CT molecular complexity index is 541. The van der Waals surface area contributed by atoms with Gasteiger partial charge in [0, 0.05) is 51.6 Å². The van der Waals surface area contributed by atoms with Gasteiger partial charge in [-0.05, 0) is 13.0 Å². The summed E-state index contributed by atoms with van der Waals surface area (Å²) in [6.45, 7) is 9.83. The zero-order valence-corrected chi connectivity index (χ0v) is 18.6. The van der Waals surface area contributed by atoms with Crippen molar-refractivity contribution in [2.24, 2.45) is 4.99 Å². The van der Waals surface area contributed by atoms with E-state index in [0.29, 0.717) is 25.6 Å². The van der Waals surface area contributed by atoms with E-state index in [0.717, 1.165) is 57.5 Å². The summed E-state index contributed by atoms with van der Waals surface area (Å²) < 4.78 is 16.1. The van der Waals surface area contributed by atoms with Crippen LogP contribution in [0, 0.1) is 0 Å². The summed E-state index contributed by atoms with van der Waals surface area (Å²) in [5.41, 5.74) is 0.953. The van der Waals surface area contributed by atoms with Gasteiger partial charge >= 0.3 is 0 Å². The topological polar surface area (TPSA) is 80.2 Å². The molecule has 0 saturated carbocycles. The van der Waals surface area contributed by atoms with Crippen molar-refractivity contribution in [3.8, 4) is 5.88 Å². The van der Waals surface area contributed by atoms with E-state index >= 15 is 0 Å². The van der Waals surface area contributed by atoms with Crippen LogP contribution in [0.15, 0.2) is 23.3 Å². The molecule has 2 N–H and O–H groups in total. The predicted molar refractivity (Wildman–Crippen MR) is 117 cm³/mol. The minimum Gasteiger partial charge on any atom is -0.475 e. The highest BCUT2D eigenvalue weighted by molar-refractivity contribution is 14.0. The minimum atomic E-state index is 0. The molecule has 2 rings (SSSR count). The normalized spacial score (nSPS) is 15.1. The molecule has 154 valence electrons. The first kappa shape index (κ1) is 23.9. The van der Waals surface area contributed by atoms with Crippen LogP contribution < -0.4 is 15.4 Å². The van der Waals surface area contributed by atoms with Gasteiger partial charge in [0.2, 0.25) is 5.88 Å². The number of halogens is 1. The monoisotopic (exact) mass is 493 g/mol. The molecule has 0 atom stereocenters. The average Bonchev–Trinajstić information content (AvgIpc) is 2.68. The van der Waals surface area contributed by atoms with Crippen LogP contribution >= 0.6 is 24.0 Å². The molecule has 0 bridgehead atoms. The third-order valence-electron chi connectivity index (χ3n) is 3.95. The van der Waals surface area contributed by atoms with Crippen molar-refractivity contribution in [2.45, 2.75) is 13.5 Å². The third-order valence-corrected chi connectivity index (χ3v) is 3.95. The van der Waals surface area contributed by atoms with Crippen molar-refractivity contribution in [3.05, 3.63) is 23.9 Å².